The first kappa shape index (κ1) is 21.9. The summed E-state index contributed by atoms with van der Waals surface area (Å²) in [5.41, 5.74) is 4.21. The highest BCUT2D eigenvalue weighted by Gasteiger charge is 2.20. The van der Waals surface area contributed by atoms with Crippen molar-refractivity contribution in [3.05, 3.63) is 93.8 Å². The van der Waals surface area contributed by atoms with Gasteiger partial charge in [-0.3, -0.25) is 4.79 Å². The van der Waals surface area contributed by atoms with Crippen LogP contribution in [0.2, 0.25) is 5.02 Å². The van der Waals surface area contributed by atoms with Crippen LogP contribution in [0.1, 0.15) is 20.8 Å². The van der Waals surface area contributed by atoms with E-state index in [1.807, 2.05) is 79.7 Å². The van der Waals surface area contributed by atoms with E-state index >= 15 is 0 Å². The molecular weight excluding hydrogens is 442 g/mol. The van der Waals surface area contributed by atoms with Gasteiger partial charge in [-0.25, -0.2) is 4.98 Å². The molecule has 0 aliphatic heterocycles. The van der Waals surface area contributed by atoms with Gasteiger partial charge in [0.25, 0.3) is 5.91 Å². The highest BCUT2D eigenvalue weighted by atomic mass is 35.5. The number of para-hydroxylation sites is 2. The van der Waals surface area contributed by atoms with Gasteiger partial charge in [-0.1, -0.05) is 77.5 Å². The summed E-state index contributed by atoms with van der Waals surface area (Å²) in [4.78, 5) is 18.4. The lowest BCUT2D eigenvalue weighted by atomic mass is 10.1. The number of hydrogen-bond donors (Lipinski definition) is 2. The van der Waals surface area contributed by atoms with Crippen LogP contribution in [0, 0.1) is 6.92 Å². The normalized spacial score (nSPS) is 10.6. The second-order valence-electron chi connectivity index (χ2n) is 7.11. The molecule has 0 saturated carbocycles. The summed E-state index contributed by atoms with van der Waals surface area (Å²) >= 11 is 7.62. The Labute approximate surface area is 196 Å². The molecule has 32 heavy (non-hydrogen) atoms. The van der Waals surface area contributed by atoms with Crippen LogP contribution < -0.4 is 15.4 Å². The van der Waals surface area contributed by atoms with Gasteiger partial charge in [-0.2, -0.15) is 0 Å². The first-order valence-electron chi connectivity index (χ1n) is 10.1. The standard InChI is InChI=1S/C25H22ClN3O2S/c1-16-9-8-12-19(26)18(16)15-27-24(30)23-22(17-10-4-3-5-11-17)29-25(32-23)28-20-13-6-7-14-21(20)31-2/h3-14H,15H2,1-2H3,(H,27,30)(H,28,29). The minimum Gasteiger partial charge on any atom is -0.495 e. The first-order valence-corrected chi connectivity index (χ1v) is 11.2. The molecule has 1 aromatic heterocycles. The van der Waals surface area contributed by atoms with Crippen LogP contribution in [-0.2, 0) is 6.54 Å². The molecule has 4 aromatic rings. The van der Waals surface area contributed by atoms with Crippen molar-refractivity contribution in [2.45, 2.75) is 13.5 Å². The van der Waals surface area contributed by atoms with E-state index in [9.17, 15) is 4.79 Å². The molecule has 7 heteroatoms. The fourth-order valence-electron chi connectivity index (χ4n) is 3.32. The van der Waals surface area contributed by atoms with E-state index < -0.39 is 0 Å². The maximum atomic E-state index is 13.2. The molecule has 2 N–H and O–H groups in total. The molecular formula is C25H22ClN3O2S. The number of anilines is 2. The van der Waals surface area contributed by atoms with Gasteiger partial charge in [0.2, 0.25) is 0 Å². The second-order valence-corrected chi connectivity index (χ2v) is 8.51. The molecule has 5 nitrogen and oxygen atoms in total. The predicted molar refractivity (Wildman–Crippen MR) is 131 cm³/mol. The molecule has 4 rings (SSSR count). The van der Waals surface area contributed by atoms with Gasteiger partial charge in [-0.15, -0.1) is 0 Å². The summed E-state index contributed by atoms with van der Waals surface area (Å²) < 4.78 is 5.42. The number of thiazole rings is 1. The summed E-state index contributed by atoms with van der Waals surface area (Å²) in [5, 5.41) is 7.52. The van der Waals surface area contributed by atoms with E-state index in [1.54, 1.807) is 7.11 Å². The molecule has 1 heterocycles. The third-order valence-electron chi connectivity index (χ3n) is 5.01. The van der Waals surface area contributed by atoms with Crippen molar-refractivity contribution in [1.29, 1.82) is 0 Å². The average Bonchev–Trinajstić information content (AvgIpc) is 3.23. The van der Waals surface area contributed by atoms with Crippen LogP contribution in [0.4, 0.5) is 10.8 Å². The van der Waals surface area contributed by atoms with Crippen molar-refractivity contribution < 1.29 is 9.53 Å². The number of amides is 1. The lowest BCUT2D eigenvalue weighted by Gasteiger charge is -2.10. The van der Waals surface area contributed by atoms with Gasteiger partial charge in [0.05, 0.1) is 18.5 Å². The van der Waals surface area contributed by atoms with Crippen LogP contribution in [-0.4, -0.2) is 18.0 Å². The van der Waals surface area contributed by atoms with Crippen LogP contribution in [0.5, 0.6) is 5.75 Å². The van der Waals surface area contributed by atoms with Crippen LogP contribution in [0.25, 0.3) is 11.3 Å². The van der Waals surface area contributed by atoms with Crippen molar-refractivity contribution in [3.63, 3.8) is 0 Å². The number of ether oxygens (including phenoxy) is 1. The molecule has 0 spiro atoms. The van der Waals surface area contributed by atoms with Gasteiger partial charge in [0, 0.05) is 17.1 Å². The molecule has 0 radical (unpaired) electrons. The number of nitrogens with zero attached hydrogens (tertiary/aromatic N) is 1. The van der Waals surface area contributed by atoms with E-state index in [0.717, 1.165) is 22.4 Å². The van der Waals surface area contributed by atoms with E-state index in [2.05, 4.69) is 10.6 Å². The molecule has 0 saturated heterocycles. The Morgan fingerprint density at radius 1 is 1.03 bits per heavy atom. The molecule has 0 atom stereocenters. The number of carbonyl (C=O) groups excluding carboxylic acids is 1. The Morgan fingerprint density at radius 3 is 2.53 bits per heavy atom. The van der Waals surface area contributed by atoms with Crippen molar-refractivity contribution in [2.75, 3.05) is 12.4 Å². The lowest BCUT2D eigenvalue weighted by Crippen LogP contribution is -2.23. The predicted octanol–water partition coefficient (Wildman–Crippen LogP) is 6.45. The zero-order chi connectivity index (χ0) is 22.5. The first-order chi connectivity index (χ1) is 15.6. The minimum absolute atomic E-state index is 0.200. The number of carbonyl (C=O) groups is 1. The molecule has 162 valence electrons. The zero-order valence-electron chi connectivity index (χ0n) is 17.7. The zero-order valence-corrected chi connectivity index (χ0v) is 19.3. The second kappa shape index (κ2) is 9.85. The smallest absolute Gasteiger partial charge is 0.264 e. The van der Waals surface area contributed by atoms with Crippen LogP contribution >= 0.6 is 22.9 Å². The Kier molecular flexibility index (Phi) is 6.73. The van der Waals surface area contributed by atoms with E-state index in [1.165, 1.54) is 11.3 Å². The molecule has 0 bridgehead atoms. The number of aromatic nitrogens is 1. The molecule has 3 aromatic carbocycles. The Morgan fingerprint density at radius 2 is 1.78 bits per heavy atom. The molecule has 0 aliphatic rings. The van der Waals surface area contributed by atoms with Crippen molar-refractivity contribution in [2.24, 2.45) is 0 Å². The van der Waals surface area contributed by atoms with Crippen LogP contribution in [0.3, 0.4) is 0 Å². The number of halogens is 1. The number of methoxy groups -OCH3 is 1. The summed E-state index contributed by atoms with van der Waals surface area (Å²) in [7, 11) is 1.62. The molecule has 0 unspecified atom stereocenters. The van der Waals surface area contributed by atoms with Crippen LogP contribution in [0.15, 0.2) is 72.8 Å². The summed E-state index contributed by atoms with van der Waals surface area (Å²) in [6.45, 7) is 2.32. The SMILES string of the molecule is COc1ccccc1Nc1nc(-c2ccccc2)c(C(=O)NCc2c(C)cccc2Cl)s1. The Hall–Kier alpha value is -3.35. The maximum Gasteiger partial charge on any atom is 0.264 e. The Bertz CT molecular complexity index is 1220. The third kappa shape index (κ3) is 4.77. The highest BCUT2D eigenvalue weighted by molar-refractivity contribution is 7.18. The van der Waals surface area contributed by atoms with Crippen molar-refractivity contribution in [3.8, 4) is 17.0 Å². The van der Waals surface area contributed by atoms with Crippen molar-refractivity contribution >= 4 is 39.7 Å². The number of nitrogens with one attached hydrogen (secondary N) is 2. The number of rotatable bonds is 7. The van der Waals surface area contributed by atoms with E-state index in [0.29, 0.717) is 33.0 Å². The maximum absolute atomic E-state index is 13.2. The monoisotopic (exact) mass is 463 g/mol. The summed E-state index contributed by atoms with van der Waals surface area (Å²) in [5.74, 6) is 0.498. The summed E-state index contributed by atoms with van der Waals surface area (Å²) in [6, 6.07) is 23.0. The molecule has 0 fully saturated rings. The number of benzene rings is 3. The fourth-order valence-corrected chi connectivity index (χ4v) is 4.53. The third-order valence-corrected chi connectivity index (χ3v) is 6.33. The fraction of sp³-hybridized carbons (Fsp3) is 0.120. The highest BCUT2D eigenvalue weighted by Crippen LogP contribution is 2.35. The van der Waals surface area contributed by atoms with E-state index in [-0.39, 0.29) is 5.91 Å². The minimum atomic E-state index is -0.200. The average molecular weight is 464 g/mol. The van der Waals surface area contributed by atoms with Gasteiger partial charge < -0.3 is 15.4 Å². The number of hydrogen-bond acceptors (Lipinski definition) is 5. The molecule has 1 amide bonds. The summed E-state index contributed by atoms with van der Waals surface area (Å²) in [6.07, 6.45) is 0. The quantitative estimate of drug-likeness (QED) is 0.330. The topological polar surface area (TPSA) is 63.2 Å². The largest absolute Gasteiger partial charge is 0.495 e. The van der Waals surface area contributed by atoms with Gasteiger partial charge in [0.1, 0.15) is 10.6 Å². The molecule has 0 aliphatic carbocycles. The Balaban J connectivity index is 1.64. The lowest BCUT2D eigenvalue weighted by molar-refractivity contribution is 0.0955. The van der Waals surface area contributed by atoms with Gasteiger partial charge >= 0.3 is 0 Å². The van der Waals surface area contributed by atoms with Gasteiger partial charge in [0.15, 0.2) is 5.13 Å². The van der Waals surface area contributed by atoms with E-state index in [4.69, 9.17) is 21.3 Å². The van der Waals surface area contributed by atoms with Gasteiger partial charge in [-0.05, 0) is 36.2 Å². The van der Waals surface area contributed by atoms with Crippen molar-refractivity contribution in [1.82, 2.24) is 10.3 Å². The number of aryl methyl sites for hydroxylation is 1.